The first-order valence-corrected chi connectivity index (χ1v) is 6.00. The molecule has 1 aromatic heterocycles. The van der Waals surface area contributed by atoms with Crippen molar-refractivity contribution in [1.29, 1.82) is 0 Å². The highest BCUT2D eigenvalue weighted by Crippen LogP contribution is 2.64. The van der Waals surface area contributed by atoms with E-state index in [0.717, 1.165) is 12.3 Å². The summed E-state index contributed by atoms with van der Waals surface area (Å²) in [6.07, 6.45) is -3.64. The fourth-order valence-corrected chi connectivity index (χ4v) is 2.86. The molecule has 0 saturated heterocycles. The van der Waals surface area contributed by atoms with Gasteiger partial charge in [0.2, 0.25) is 0 Å². The largest absolute Gasteiger partial charge is 0.417 e. The molecule has 1 aromatic rings. The Morgan fingerprint density at radius 2 is 2.06 bits per heavy atom. The van der Waals surface area contributed by atoms with Gasteiger partial charge in [0.25, 0.3) is 0 Å². The maximum atomic E-state index is 12.6. The molecule has 0 unspecified atom stereocenters. The van der Waals surface area contributed by atoms with Crippen LogP contribution in [-0.4, -0.2) is 11.5 Å². The first-order valence-electron chi connectivity index (χ1n) is 5.62. The maximum Gasteiger partial charge on any atom is 0.417 e. The van der Waals surface area contributed by atoms with Crippen LogP contribution in [0.25, 0.3) is 0 Å². The van der Waals surface area contributed by atoms with Crippen LogP contribution in [0, 0.1) is 11.3 Å². The minimum atomic E-state index is -4.40. The predicted molar refractivity (Wildman–Crippen MR) is 63.3 cm³/mol. The van der Waals surface area contributed by atoms with Gasteiger partial charge >= 0.3 is 6.18 Å². The van der Waals surface area contributed by atoms with Gasteiger partial charge in [-0.25, -0.2) is 4.98 Å². The molecule has 0 aromatic carbocycles. The highest BCUT2D eigenvalue weighted by molar-refractivity contribution is 6.30. The van der Waals surface area contributed by atoms with E-state index in [4.69, 9.17) is 17.3 Å². The van der Waals surface area contributed by atoms with Crippen LogP contribution >= 0.6 is 11.6 Å². The van der Waals surface area contributed by atoms with Crippen LogP contribution in [0.3, 0.4) is 0 Å². The number of alkyl halides is 3. The van der Waals surface area contributed by atoms with E-state index in [-0.39, 0.29) is 22.4 Å². The second-order valence-corrected chi connectivity index (χ2v) is 5.60. The van der Waals surface area contributed by atoms with Crippen molar-refractivity contribution in [1.82, 2.24) is 4.98 Å². The summed E-state index contributed by atoms with van der Waals surface area (Å²) in [7, 11) is 0. The van der Waals surface area contributed by atoms with Gasteiger partial charge < -0.3 is 5.73 Å². The van der Waals surface area contributed by atoms with Crippen LogP contribution < -0.4 is 5.73 Å². The molecule has 1 aliphatic rings. The number of nitrogens with zero attached hydrogens (tertiary/aromatic N) is 1. The minimum absolute atomic E-state index is 0.0511. The molecule has 2 nitrogen and oxygen atoms in total. The Morgan fingerprint density at radius 1 is 1.44 bits per heavy atom. The molecule has 6 heteroatoms. The molecule has 1 heterocycles. The Morgan fingerprint density at radius 3 is 2.50 bits per heavy atom. The quantitative estimate of drug-likeness (QED) is 0.842. The first-order chi connectivity index (χ1) is 8.19. The SMILES string of the molecule is CC1(C)[C@H](CN)[C@H]1c1cc(C(F)(F)F)cnc1Cl. The highest BCUT2D eigenvalue weighted by Gasteiger charge is 2.58. The summed E-state index contributed by atoms with van der Waals surface area (Å²) >= 11 is 5.91. The molecule has 0 amide bonds. The number of nitrogens with two attached hydrogens (primary N) is 1. The molecule has 0 bridgehead atoms. The summed E-state index contributed by atoms with van der Waals surface area (Å²) in [5.41, 5.74) is 5.19. The molecule has 1 saturated carbocycles. The van der Waals surface area contributed by atoms with E-state index < -0.39 is 11.7 Å². The number of pyridine rings is 1. The Labute approximate surface area is 108 Å². The fourth-order valence-electron chi connectivity index (χ4n) is 2.64. The zero-order chi connectivity index (χ0) is 13.7. The lowest BCUT2D eigenvalue weighted by molar-refractivity contribution is -0.137. The van der Waals surface area contributed by atoms with E-state index in [2.05, 4.69) is 4.98 Å². The van der Waals surface area contributed by atoms with Crippen molar-refractivity contribution in [2.75, 3.05) is 6.54 Å². The van der Waals surface area contributed by atoms with E-state index in [1.807, 2.05) is 13.8 Å². The van der Waals surface area contributed by atoms with Gasteiger partial charge in [-0.15, -0.1) is 0 Å². The molecule has 2 N–H and O–H groups in total. The molecule has 1 fully saturated rings. The molecule has 18 heavy (non-hydrogen) atoms. The van der Waals surface area contributed by atoms with E-state index in [1.165, 1.54) is 0 Å². The summed E-state index contributed by atoms with van der Waals surface area (Å²) in [6.45, 7) is 4.39. The zero-order valence-corrected chi connectivity index (χ0v) is 10.8. The van der Waals surface area contributed by atoms with Crippen molar-refractivity contribution in [3.05, 3.63) is 28.5 Å². The van der Waals surface area contributed by atoms with Crippen LogP contribution in [0.15, 0.2) is 12.3 Å². The van der Waals surface area contributed by atoms with Crippen LogP contribution in [0.5, 0.6) is 0 Å². The van der Waals surface area contributed by atoms with Crippen LogP contribution in [0.1, 0.15) is 30.9 Å². The van der Waals surface area contributed by atoms with Crippen molar-refractivity contribution >= 4 is 11.6 Å². The van der Waals surface area contributed by atoms with Crippen molar-refractivity contribution < 1.29 is 13.2 Å². The van der Waals surface area contributed by atoms with E-state index in [9.17, 15) is 13.2 Å². The monoisotopic (exact) mass is 278 g/mol. The Kier molecular flexibility index (Phi) is 3.10. The second-order valence-electron chi connectivity index (χ2n) is 5.24. The van der Waals surface area contributed by atoms with E-state index in [1.54, 1.807) is 0 Å². The minimum Gasteiger partial charge on any atom is -0.330 e. The van der Waals surface area contributed by atoms with Crippen LogP contribution in [0.4, 0.5) is 13.2 Å². The second kappa shape index (κ2) is 4.10. The average molecular weight is 279 g/mol. The summed E-state index contributed by atoms with van der Waals surface area (Å²) in [6, 6.07) is 1.09. The topological polar surface area (TPSA) is 38.9 Å². The average Bonchev–Trinajstić information content (AvgIpc) is 2.79. The van der Waals surface area contributed by atoms with E-state index >= 15 is 0 Å². The number of aromatic nitrogens is 1. The molecule has 0 spiro atoms. The molecular weight excluding hydrogens is 265 g/mol. The Hall–Kier alpha value is -0.810. The smallest absolute Gasteiger partial charge is 0.330 e. The van der Waals surface area contributed by atoms with Gasteiger partial charge in [-0.1, -0.05) is 25.4 Å². The van der Waals surface area contributed by atoms with Gasteiger partial charge in [0, 0.05) is 6.20 Å². The summed E-state index contributed by atoms with van der Waals surface area (Å²) in [5.74, 6) is 0.102. The molecule has 2 atom stereocenters. The van der Waals surface area contributed by atoms with Crippen molar-refractivity contribution in [2.24, 2.45) is 17.1 Å². The number of hydrogen-bond donors (Lipinski definition) is 1. The number of hydrogen-bond acceptors (Lipinski definition) is 2. The summed E-state index contributed by atoms with van der Waals surface area (Å²) in [4.78, 5) is 3.65. The Bertz CT molecular complexity index is 471. The fraction of sp³-hybridized carbons (Fsp3) is 0.583. The molecule has 2 rings (SSSR count). The van der Waals surface area contributed by atoms with Gasteiger partial charge in [-0.05, 0) is 35.4 Å². The van der Waals surface area contributed by atoms with Gasteiger partial charge in [-0.2, -0.15) is 13.2 Å². The Balaban J connectivity index is 2.41. The highest BCUT2D eigenvalue weighted by atomic mass is 35.5. The molecule has 100 valence electrons. The maximum absolute atomic E-state index is 12.6. The number of halogens is 4. The van der Waals surface area contributed by atoms with Crippen molar-refractivity contribution in [2.45, 2.75) is 25.9 Å². The lowest BCUT2D eigenvalue weighted by atomic mass is 10.0. The van der Waals surface area contributed by atoms with Gasteiger partial charge in [0.15, 0.2) is 0 Å². The van der Waals surface area contributed by atoms with Crippen molar-refractivity contribution in [3.8, 4) is 0 Å². The summed E-state index contributed by atoms with van der Waals surface area (Å²) < 4.78 is 37.9. The third kappa shape index (κ3) is 2.10. The third-order valence-electron chi connectivity index (χ3n) is 3.83. The van der Waals surface area contributed by atoms with Crippen LogP contribution in [0.2, 0.25) is 5.15 Å². The lowest BCUT2D eigenvalue weighted by Gasteiger charge is -2.10. The van der Waals surface area contributed by atoms with Gasteiger partial charge in [0.1, 0.15) is 5.15 Å². The van der Waals surface area contributed by atoms with Crippen molar-refractivity contribution in [3.63, 3.8) is 0 Å². The first kappa shape index (κ1) is 13.6. The van der Waals surface area contributed by atoms with E-state index in [0.29, 0.717) is 12.1 Å². The standard InChI is InChI=1S/C12H14ClF3N2/c1-11(2)8(4-17)9(11)7-3-6(12(14,15)16)5-18-10(7)13/h3,5,8-9H,4,17H2,1-2H3/t8-,9-/m1/s1. The molecule has 0 aliphatic heterocycles. The normalized spacial score (nSPS) is 26.2. The molecular formula is C12H14ClF3N2. The zero-order valence-electron chi connectivity index (χ0n) is 10.1. The lowest BCUT2D eigenvalue weighted by Crippen LogP contribution is -2.07. The predicted octanol–water partition coefficient (Wildman–Crippen LogP) is 3.45. The van der Waals surface area contributed by atoms with Gasteiger partial charge in [0.05, 0.1) is 5.56 Å². The van der Waals surface area contributed by atoms with Crippen LogP contribution in [-0.2, 0) is 6.18 Å². The third-order valence-corrected chi connectivity index (χ3v) is 4.15. The molecule has 1 aliphatic carbocycles. The summed E-state index contributed by atoms with van der Waals surface area (Å²) in [5, 5.41) is 0.136. The van der Waals surface area contributed by atoms with Gasteiger partial charge in [-0.3, -0.25) is 0 Å². The molecule has 0 radical (unpaired) electrons. The number of rotatable bonds is 2.